The third kappa shape index (κ3) is 3.39. The Morgan fingerprint density at radius 1 is 1.31 bits per heavy atom. The lowest BCUT2D eigenvalue weighted by Gasteiger charge is -2.36. The number of aromatic nitrogens is 3. The number of carboxylic acid groups (broad SMARTS) is 1. The molecule has 4 rings (SSSR count). The Morgan fingerprint density at radius 3 is 2.76 bits per heavy atom. The van der Waals surface area contributed by atoms with Crippen LogP contribution in [0.15, 0.2) is 35.1 Å². The van der Waals surface area contributed by atoms with Crippen molar-refractivity contribution in [2.24, 2.45) is 5.92 Å². The van der Waals surface area contributed by atoms with E-state index in [-0.39, 0.29) is 24.5 Å². The van der Waals surface area contributed by atoms with Gasteiger partial charge in [-0.2, -0.15) is 5.10 Å². The second kappa shape index (κ2) is 7.35. The topological polar surface area (TPSA) is 101 Å². The predicted molar refractivity (Wildman–Crippen MR) is 106 cm³/mol. The van der Waals surface area contributed by atoms with Gasteiger partial charge in [-0.1, -0.05) is 0 Å². The molecule has 1 saturated heterocycles. The fraction of sp³-hybridized carbons (Fsp3) is 0.429. The van der Waals surface area contributed by atoms with Gasteiger partial charge in [-0.3, -0.25) is 9.59 Å². The summed E-state index contributed by atoms with van der Waals surface area (Å²) in [6.45, 7) is 6.16. The van der Waals surface area contributed by atoms with E-state index in [4.69, 9.17) is 9.40 Å². The quantitative estimate of drug-likeness (QED) is 0.723. The SMILES string of the molecule is CC1CCC(C(=O)O)CN1C(=O)c1cc(-c2ccco2)nc2c1cnn2C(C)C. The molecule has 3 aromatic heterocycles. The number of amides is 1. The van der Waals surface area contributed by atoms with Gasteiger partial charge in [0.2, 0.25) is 0 Å². The second-order valence-corrected chi connectivity index (χ2v) is 7.87. The van der Waals surface area contributed by atoms with Crippen molar-refractivity contribution in [3.63, 3.8) is 0 Å². The highest BCUT2D eigenvalue weighted by molar-refractivity contribution is 6.06. The summed E-state index contributed by atoms with van der Waals surface area (Å²) in [4.78, 5) is 31.4. The number of furan rings is 1. The van der Waals surface area contributed by atoms with Crippen LogP contribution in [-0.2, 0) is 4.79 Å². The zero-order valence-corrected chi connectivity index (χ0v) is 16.7. The summed E-state index contributed by atoms with van der Waals surface area (Å²) in [7, 11) is 0. The average Bonchev–Trinajstić information content (AvgIpc) is 3.36. The van der Waals surface area contributed by atoms with Crippen LogP contribution in [0.3, 0.4) is 0 Å². The maximum absolute atomic E-state index is 13.5. The molecule has 0 aliphatic carbocycles. The maximum atomic E-state index is 13.5. The number of aliphatic carboxylic acids is 1. The standard InChI is InChI=1S/C21H24N4O4/c1-12(2)25-19-16(10-22-25)15(9-17(23-19)18-5-4-8-29-18)20(26)24-11-14(21(27)28)7-6-13(24)3/h4-5,8-10,12-14H,6-7,11H2,1-3H3,(H,27,28). The molecule has 0 spiro atoms. The molecule has 29 heavy (non-hydrogen) atoms. The molecule has 0 saturated carbocycles. The molecule has 0 bridgehead atoms. The number of likely N-dealkylation sites (tertiary alicyclic amines) is 1. The van der Waals surface area contributed by atoms with Crippen molar-refractivity contribution in [2.75, 3.05) is 6.54 Å². The first-order valence-electron chi connectivity index (χ1n) is 9.82. The minimum Gasteiger partial charge on any atom is -0.481 e. The van der Waals surface area contributed by atoms with Crippen molar-refractivity contribution in [1.29, 1.82) is 0 Å². The highest BCUT2D eigenvalue weighted by Gasteiger charge is 2.34. The van der Waals surface area contributed by atoms with Crippen molar-refractivity contribution in [3.05, 3.63) is 36.2 Å². The Hall–Kier alpha value is -3.16. The molecule has 1 aliphatic rings. The van der Waals surface area contributed by atoms with E-state index in [2.05, 4.69) is 5.10 Å². The Morgan fingerprint density at radius 2 is 2.10 bits per heavy atom. The molecule has 1 aliphatic heterocycles. The molecule has 1 fully saturated rings. The van der Waals surface area contributed by atoms with Crippen molar-refractivity contribution in [3.8, 4) is 11.5 Å². The number of hydrogen-bond donors (Lipinski definition) is 1. The summed E-state index contributed by atoms with van der Waals surface area (Å²) in [6.07, 6.45) is 4.46. The summed E-state index contributed by atoms with van der Waals surface area (Å²) < 4.78 is 7.28. The zero-order valence-electron chi connectivity index (χ0n) is 16.7. The smallest absolute Gasteiger partial charge is 0.308 e. The molecule has 4 heterocycles. The van der Waals surface area contributed by atoms with Gasteiger partial charge in [0.25, 0.3) is 5.91 Å². The lowest BCUT2D eigenvalue weighted by Crippen LogP contribution is -2.47. The molecule has 8 nitrogen and oxygen atoms in total. The molecule has 0 aromatic carbocycles. The van der Waals surface area contributed by atoms with Crippen LogP contribution in [0.2, 0.25) is 0 Å². The molecule has 8 heteroatoms. The lowest BCUT2D eigenvalue weighted by atomic mass is 9.92. The van der Waals surface area contributed by atoms with Gasteiger partial charge in [0.05, 0.1) is 29.3 Å². The minimum absolute atomic E-state index is 0.0338. The van der Waals surface area contributed by atoms with Gasteiger partial charge in [-0.15, -0.1) is 0 Å². The number of carboxylic acids is 1. The molecular weight excluding hydrogens is 372 g/mol. The maximum Gasteiger partial charge on any atom is 0.308 e. The van der Waals surface area contributed by atoms with E-state index in [9.17, 15) is 14.7 Å². The number of pyridine rings is 1. The van der Waals surface area contributed by atoms with Gasteiger partial charge in [0.1, 0.15) is 5.69 Å². The summed E-state index contributed by atoms with van der Waals surface area (Å²) in [5, 5.41) is 14.5. The van der Waals surface area contributed by atoms with Crippen molar-refractivity contribution < 1.29 is 19.1 Å². The van der Waals surface area contributed by atoms with E-state index in [0.29, 0.717) is 40.9 Å². The van der Waals surface area contributed by atoms with E-state index in [1.54, 1.807) is 40.2 Å². The number of nitrogens with zero attached hydrogens (tertiary/aromatic N) is 4. The number of carbonyl (C=O) groups excluding carboxylic acids is 1. The first kappa shape index (κ1) is 19.2. The van der Waals surface area contributed by atoms with Crippen LogP contribution in [-0.4, -0.2) is 49.2 Å². The highest BCUT2D eigenvalue weighted by Crippen LogP contribution is 2.30. The van der Waals surface area contributed by atoms with Gasteiger partial charge < -0.3 is 14.4 Å². The average molecular weight is 396 g/mol. The third-order valence-electron chi connectivity index (χ3n) is 5.55. The first-order valence-corrected chi connectivity index (χ1v) is 9.82. The van der Waals surface area contributed by atoms with Crippen LogP contribution in [0.25, 0.3) is 22.5 Å². The van der Waals surface area contributed by atoms with E-state index < -0.39 is 11.9 Å². The Labute approximate surface area is 168 Å². The first-order chi connectivity index (χ1) is 13.9. The Balaban J connectivity index is 1.83. The van der Waals surface area contributed by atoms with Crippen LogP contribution < -0.4 is 0 Å². The fourth-order valence-electron chi connectivity index (χ4n) is 3.87. The Bertz CT molecular complexity index is 1050. The van der Waals surface area contributed by atoms with Gasteiger partial charge >= 0.3 is 5.97 Å². The van der Waals surface area contributed by atoms with Crippen LogP contribution >= 0.6 is 0 Å². The molecule has 1 N–H and O–H groups in total. The highest BCUT2D eigenvalue weighted by atomic mass is 16.4. The monoisotopic (exact) mass is 396 g/mol. The van der Waals surface area contributed by atoms with E-state index in [1.807, 2.05) is 20.8 Å². The third-order valence-corrected chi connectivity index (χ3v) is 5.55. The van der Waals surface area contributed by atoms with Crippen LogP contribution in [0.1, 0.15) is 50.0 Å². The van der Waals surface area contributed by atoms with Gasteiger partial charge in [-0.05, 0) is 51.8 Å². The van der Waals surface area contributed by atoms with Crippen LogP contribution in [0.5, 0.6) is 0 Å². The normalized spacial score (nSPS) is 19.8. The van der Waals surface area contributed by atoms with Crippen molar-refractivity contribution in [2.45, 2.75) is 45.7 Å². The Kier molecular flexibility index (Phi) is 4.86. The fourth-order valence-corrected chi connectivity index (χ4v) is 3.87. The summed E-state index contributed by atoms with van der Waals surface area (Å²) >= 11 is 0. The predicted octanol–water partition coefficient (Wildman–Crippen LogP) is 3.60. The number of fused-ring (bicyclic) bond motifs is 1. The number of piperidine rings is 1. The van der Waals surface area contributed by atoms with Crippen molar-refractivity contribution >= 4 is 22.9 Å². The zero-order chi connectivity index (χ0) is 20.7. The molecule has 0 radical (unpaired) electrons. The van der Waals surface area contributed by atoms with Gasteiger partial charge in [-0.25, -0.2) is 9.67 Å². The largest absolute Gasteiger partial charge is 0.481 e. The molecular formula is C21H24N4O4. The number of rotatable bonds is 4. The molecule has 2 atom stereocenters. The number of carbonyl (C=O) groups is 2. The van der Waals surface area contributed by atoms with Gasteiger partial charge in [0, 0.05) is 18.6 Å². The van der Waals surface area contributed by atoms with E-state index in [0.717, 1.165) is 0 Å². The van der Waals surface area contributed by atoms with Crippen LogP contribution in [0, 0.1) is 5.92 Å². The minimum atomic E-state index is -0.863. The molecule has 152 valence electrons. The molecule has 3 aromatic rings. The van der Waals surface area contributed by atoms with Crippen LogP contribution in [0.4, 0.5) is 0 Å². The van der Waals surface area contributed by atoms with E-state index in [1.165, 1.54) is 0 Å². The van der Waals surface area contributed by atoms with E-state index >= 15 is 0 Å². The summed E-state index contributed by atoms with van der Waals surface area (Å²) in [5.41, 5.74) is 1.62. The van der Waals surface area contributed by atoms with Gasteiger partial charge in [0.15, 0.2) is 11.4 Å². The lowest BCUT2D eigenvalue weighted by molar-refractivity contribution is -0.143. The summed E-state index contributed by atoms with van der Waals surface area (Å²) in [6, 6.07) is 5.32. The second-order valence-electron chi connectivity index (χ2n) is 7.87. The number of hydrogen-bond acceptors (Lipinski definition) is 5. The van der Waals surface area contributed by atoms with Crippen molar-refractivity contribution in [1.82, 2.24) is 19.7 Å². The summed E-state index contributed by atoms with van der Waals surface area (Å²) in [5.74, 6) is -1.05. The molecule has 1 amide bonds. The molecule has 2 unspecified atom stereocenters.